The van der Waals surface area contributed by atoms with E-state index in [4.69, 9.17) is 11.6 Å². The molecular weight excluding hydrogens is 265 g/mol. The van der Waals surface area contributed by atoms with Gasteiger partial charge in [0.2, 0.25) is 0 Å². The molecule has 1 aromatic rings. The lowest BCUT2D eigenvalue weighted by molar-refractivity contribution is -0.385. The van der Waals surface area contributed by atoms with Crippen molar-refractivity contribution in [2.45, 2.75) is 6.04 Å². The van der Waals surface area contributed by atoms with Gasteiger partial charge in [-0.3, -0.25) is 10.1 Å². The normalized spacial score (nSPS) is 19.5. The van der Waals surface area contributed by atoms with Crippen molar-refractivity contribution in [3.05, 3.63) is 38.9 Å². The topological polar surface area (TPSA) is 67.2 Å². The van der Waals surface area contributed by atoms with Gasteiger partial charge >= 0.3 is 0 Å². The fraction of sp³-hybridized carbons (Fsp3) is 0.400. The van der Waals surface area contributed by atoms with Gasteiger partial charge in [0.1, 0.15) is 0 Å². The molecule has 1 saturated heterocycles. The molecule has 1 fully saturated rings. The van der Waals surface area contributed by atoms with E-state index in [1.807, 2.05) is 0 Å². The number of halogens is 2. The van der Waals surface area contributed by atoms with Gasteiger partial charge in [0.15, 0.2) is 0 Å². The van der Waals surface area contributed by atoms with Crippen LogP contribution in [0.3, 0.4) is 0 Å². The van der Waals surface area contributed by atoms with E-state index in [1.165, 1.54) is 6.07 Å². The van der Waals surface area contributed by atoms with Gasteiger partial charge in [0.05, 0.1) is 11.0 Å². The Morgan fingerprint density at radius 1 is 1.41 bits per heavy atom. The van der Waals surface area contributed by atoms with Gasteiger partial charge < -0.3 is 10.6 Å². The highest BCUT2D eigenvalue weighted by atomic mass is 35.5. The predicted octanol–water partition coefficient (Wildman–Crippen LogP) is 1.90. The van der Waals surface area contributed by atoms with Crippen LogP contribution in [0.5, 0.6) is 0 Å². The van der Waals surface area contributed by atoms with Crippen LogP contribution in [0.2, 0.25) is 5.02 Å². The van der Waals surface area contributed by atoms with Crippen LogP contribution >= 0.6 is 24.0 Å². The zero-order valence-corrected chi connectivity index (χ0v) is 10.6. The minimum absolute atomic E-state index is 0. The Kier molecular flexibility index (Phi) is 5.14. The van der Waals surface area contributed by atoms with Gasteiger partial charge in [-0.05, 0) is 12.1 Å². The van der Waals surface area contributed by atoms with Gasteiger partial charge in [0, 0.05) is 36.3 Å². The molecule has 7 heteroatoms. The number of hydrogen-bond acceptors (Lipinski definition) is 4. The molecule has 0 bridgehead atoms. The molecule has 0 unspecified atom stereocenters. The molecule has 1 aromatic carbocycles. The molecule has 2 rings (SSSR count). The third-order valence-electron chi connectivity index (χ3n) is 2.60. The van der Waals surface area contributed by atoms with Crippen molar-refractivity contribution in [1.29, 1.82) is 0 Å². The zero-order valence-electron chi connectivity index (χ0n) is 8.98. The number of nitrogens with one attached hydrogen (secondary N) is 2. The summed E-state index contributed by atoms with van der Waals surface area (Å²) >= 11 is 5.87. The van der Waals surface area contributed by atoms with Crippen LogP contribution in [-0.4, -0.2) is 24.6 Å². The molecule has 1 atom stereocenters. The molecular formula is C10H13Cl2N3O2. The smallest absolute Gasteiger partial charge is 0.274 e. The second-order valence-electron chi connectivity index (χ2n) is 3.67. The summed E-state index contributed by atoms with van der Waals surface area (Å²) in [4.78, 5) is 10.5. The Bertz CT molecular complexity index is 409. The second-order valence-corrected chi connectivity index (χ2v) is 4.11. The lowest BCUT2D eigenvalue weighted by Gasteiger charge is -2.24. The number of nitrogens with zero attached hydrogens (tertiary/aromatic N) is 1. The van der Waals surface area contributed by atoms with Crippen molar-refractivity contribution in [3.8, 4) is 0 Å². The molecule has 1 aliphatic heterocycles. The molecule has 1 heterocycles. The van der Waals surface area contributed by atoms with Gasteiger partial charge in [0.25, 0.3) is 5.69 Å². The molecule has 1 aliphatic rings. The summed E-state index contributed by atoms with van der Waals surface area (Å²) < 4.78 is 0. The van der Waals surface area contributed by atoms with Crippen LogP contribution in [0.25, 0.3) is 0 Å². The first-order valence-electron chi connectivity index (χ1n) is 5.06. The van der Waals surface area contributed by atoms with Crippen molar-refractivity contribution in [1.82, 2.24) is 10.6 Å². The van der Waals surface area contributed by atoms with Crippen molar-refractivity contribution < 1.29 is 4.92 Å². The Balaban J connectivity index is 0.00000144. The molecule has 0 aromatic heterocycles. The van der Waals surface area contributed by atoms with Crippen molar-refractivity contribution >= 4 is 29.7 Å². The van der Waals surface area contributed by atoms with E-state index in [9.17, 15) is 10.1 Å². The van der Waals surface area contributed by atoms with Crippen LogP contribution < -0.4 is 10.6 Å². The van der Waals surface area contributed by atoms with Crippen LogP contribution in [0.4, 0.5) is 5.69 Å². The maximum atomic E-state index is 10.9. The van der Waals surface area contributed by atoms with Crippen molar-refractivity contribution in [3.63, 3.8) is 0 Å². The Labute approximate surface area is 110 Å². The summed E-state index contributed by atoms with van der Waals surface area (Å²) in [7, 11) is 0. The fourth-order valence-corrected chi connectivity index (χ4v) is 2.02. The number of nitro benzene ring substituents is 1. The van der Waals surface area contributed by atoms with E-state index in [2.05, 4.69) is 10.6 Å². The average Bonchev–Trinajstić information content (AvgIpc) is 2.29. The van der Waals surface area contributed by atoms with Crippen molar-refractivity contribution in [2.24, 2.45) is 0 Å². The monoisotopic (exact) mass is 277 g/mol. The lowest BCUT2D eigenvalue weighted by Crippen LogP contribution is -2.42. The minimum Gasteiger partial charge on any atom is -0.314 e. The van der Waals surface area contributed by atoms with Crippen LogP contribution in [0.15, 0.2) is 18.2 Å². The summed E-state index contributed by atoms with van der Waals surface area (Å²) in [5.74, 6) is 0. The Hall–Kier alpha value is -0.880. The predicted molar refractivity (Wildman–Crippen MR) is 69.0 cm³/mol. The number of nitro groups is 1. The van der Waals surface area contributed by atoms with Gasteiger partial charge in [-0.15, -0.1) is 12.4 Å². The molecule has 0 saturated carbocycles. The molecule has 17 heavy (non-hydrogen) atoms. The Morgan fingerprint density at radius 3 is 2.76 bits per heavy atom. The van der Waals surface area contributed by atoms with E-state index in [0.717, 1.165) is 13.1 Å². The van der Waals surface area contributed by atoms with E-state index >= 15 is 0 Å². The first-order chi connectivity index (χ1) is 7.68. The van der Waals surface area contributed by atoms with Gasteiger partial charge in [-0.2, -0.15) is 0 Å². The summed E-state index contributed by atoms with van der Waals surface area (Å²) in [6.07, 6.45) is 0. The minimum atomic E-state index is -0.373. The van der Waals surface area contributed by atoms with E-state index in [1.54, 1.807) is 12.1 Å². The number of piperazine rings is 1. The van der Waals surface area contributed by atoms with Gasteiger partial charge in [-0.25, -0.2) is 0 Å². The number of benzene rings is 1. The van der Waals surface area contributed by atoms with E-state index in [0.29, 0.717) is 17.1 Å². The van der Waals surface area contributed by atoms with Crippen LogP contribution in [0, 0.1) is 10.1 Å². The highest BCUT2D eigenvalue weighted by Crippen LogP contribution is 2.28. The number of hydrogen-bond donors (Lipinski definition) is 2. The maximum Gasteiger partial charge on any atom is 0.274 e. The fourth-order valence-electron chi connectivity index (χ4n) is 1.84. The quantitative estimate of drug-likeness (QED) is 0.640. The molecule has 0 spiro atoms. The average molecular weight is 278 g/mol. The first-order valence-corrected chi connectivity index (χ1v) is 5.44. The SMILES string of the molecule is Cl.O=[N+]([O-])c1ccc(Cl)cc1[C@H]1CNCCN1. The standard InChI is InChI=1S/C10H12ClN3O2.ClH/c11-7-1-2-10(14(15)16)8(5-7)9-6-12-3-4-13-9;/h1-2,5,9,12-13H,3-4,6H2;1H/t9-;/m1./s1. The first kappa shape index (κ1) is 14.2. The molecule has 94 valence electrons. The third kappa shape index (κ3) is 3.29. The van der Waals surface area contributed by atoms with Crippen LogP contribution in [0.1, 0.15) is 11.6 Å². The second kappa shape index (κ2) is 6.16. The van der Waals surface area contributed by atoms with Crippen molar-refractivity contribution in [2.75, 3.05) is 19.6 Å². The summed E-state index contributed by atoms with van der Waals surface area (Å²) in [6.45, 7) is 2.36. The van der Waals surface area contributed by atoms with Crippen LogP contribution in [-0.2, 0) is 0 Å². The summed E-state index contributed by atoms with van der Waals surface area (Å²) in [5.41, 5.74) is 0.760. The summed E-state index contributed by atoms with van der Waals surface area (Å²) in [5, 5.41) is 17.8. The Morgan fingerprint density at radius 2 is 2.18 bits per heavy atom. The maximum absolute atomic E-state index is 10.9. The number of rotatable bonds is 2. The zero-order chi connectivity index (χ0) is 11.5. The highest BCUT2D eigenvalue weighted by Gasteiger charge is 2.23. The molecule has 0 radical (unpaired) electrons. The lowest BCUT2D eigenvalue weighted by atomic mass is 10.0. The molecule has 0 aliphatic carbocycles. The molecule has 0 amide bonds. The third-order valence-corrected chi connectivity index (χ3v) is 2.84. The largest absolute Gasteiger partial charge is 0.314 e. The molecule has 2 N–H and O–H groups in total. The van der Waals surface area contributed by atoms with E-state index < -0.39 is 0 Å². The van der Waals surface area contributed by atoms with Gasteiger partial charge in [-0.1, -0.05) is 11.6 Å². The molecule has 5 nitrogen and oxygen atoms in total. The highest BCUT2D eigenvalue weighted by molar-refractivity contribution is 6.30. The summed E-state index contributed by atoms with van der Waals surface area (Å²) in [6, 6.07) is 4.60. The van der Waals surface area contributed by atoms with E-state index in [-0.39, 0.29) is 29.1 Å².